The maximum absolute atomic E-state index is 12.1. The zero-order chi connectivity index (χ0) is 16.3. The number of non-ortho nitro benzene ring substituents is 1. The number of nitrogens with zero attached hydrogens (tertiary/aromatic N) is 1. The highest BCUT2D eigenvalue weighted by atomic mass is 16.6. The molecule has 0 aliphatic heterocycles. The van der Waals surface area contributed by atoms with E-state index in [1.165, 1.54) is 42.5 Å². The number of aromatic carboxylic acids is 1. The maximum atomic E-state index is 12.1. The Morgan fingerprint density at radius 1 is 1.14 bits per heavy atom. The van der Waals surface area contributed by atoms with Crippen molar-refractivity contribution in [1.29, 1.82) is 0 Å². The van der Waals surface area contributed by atoms with Crippen LogP contribution >= 0.6 is 0 Å². The van der Waals surface area contributed by atoms with E-state index in [1.807, 2.05) is 0 Å². The fourth-order valence-corrected chi connectivity index (χ4v) is 1.89. The Hall–Kier alpha value is -3.22. The van der Waals surface area contributed by atoms with Gasteiger partial charge in [-0.15, -0.1) is 0 Å². The average Bonchev–Trinajstić information content (AvgIpc) is 2.49. The number of hydrogen-bond donors (Lipinski definition) is 2. The summed E-state index contributed by atoms with van der Waals surface area (Å²) < 4.78 is 0. The minimum atomic E-state index is -1.06. The van der Waals surface area contributed by atoms with Gasteiger partial charge in [-0.05, 0) is 36.8 Å². The van der Waals surface area contributed by atoms with Crippen molar-refractivity contribution >= 4 is 23.3 Å². The van der Waals surface area contributed by atoms with E-state index in [2.05, 4.69) is 5.32 Å². The second-order valence-corrected chi connectivity index (χ2v) is 4.60. The number of benzene rings is 2. The van der Waals surface area contributed by atoms with Crippen molar-refractivity contribution in [3.63, 3.8) is 0 Å². The van der Waals surface area contributed by atoms with Gasteiger partial charge < -0.3 is 10.4 Å². The summed E-state index contributed by atoms with van der Waals surface area (Å²) in [4.78, 5) is 33.1. The number of nitro benzene ring substituents is 1. The summed E-state index contributed by atoms with van der Waals surface area (Å²) in [5, 5.41) is 22.2. The first kappa shape index (κ1) is 15.2. The number of carbonyl (C=O) groups excluding carboxylic acids is 1. The summed E-state index contributed by atoms with van der Waals surface area (Å²) in [5.41, 5.74) is 1.12. The number of anilines is 1. The van der Waals surface area contributed by atoms with Gasteiger partial charge in [0.1, 0.15) is 0 Å². The van der Waals surface area contributed by atoms with Crippen molar-refractivity contribution in [2.75, 3.05) is 5.32 Å². The van der Waals surface area contributed by atoms with Crippen LogP contribution in [0.4, 0.5) is 11.4 Å². The van der Waals surface area contributed by atoms with E-state index in [0.717, 1.165) is 0 Å². The van der Waals surface area contributed by atoms with Crippen LogP contribution in [0.3, 0.4) is 0 Å². The third kappa shape index (κ3) is 3.26. The quantitative estimate of drug-likeness (QED) is 0.666. The van der Waals surface area contributed by atoms with E-state index >= 15 is 0 Å². The summed E-state index contributed by atoms with van der Waals surface area (Å²) in [6.07, 6.45) is 0. The Balaban J connectivity index is 2.24. The molecule has 0 aromatic heterocycles. The molecule has 0 atom stereocenters. The van der Waals surface area contributed by atoms with Crippen LogP contribution in [0, 0.1) is 17.0 Å². The number of hydrogen-bond acceptors (Lipinski definition) is 4. The summed E-state index contributed by atoms with van der Waals surface area (Å²) in [6.45, 7) is 1.66. The topological polar surface area (TPSA) is 110 Å². The maximum Gasteiger partial charge on any atom is 0.335 e. The predicted molar refractivity (Wildman–Crippen MR) is 79.2 cm³/mol. The van der Waals surface area contributed by atoms with Gasteiger partial charge in [-0.2, -0.15) is 0 Å². The van der Waals surface area contributed by atoms with Crippen molar-refractivity contribution in [1.82, 2.24) is 0 Å². The summed E-state index contributed by atoms with van der Waals surface area (Å²) in [6, 6.07) is 9.65. The standard InChI is InChI=1S/C15H12N2O5/c1-9-7-11(15(19)20)5-6-13(9)16-14(18)10-3-2-4-12(8-10)17(21)22/h2-8H,1H3,(H,16,18)(H,19,20). The number of aryl methyl sites for hydroxylation is 1. The van der Waals surface area contributed by atoms with Gasteiger partial charge in [0.15, 0.2) is 0 Å². The van der Waals surface area contributed by atoms with Crippen LogP contribution in [-0.2, 0) is 0 Å². The lowest BCUT2D eigenvalue weighted by Gasteiger charge is -2.09. The van der Waals surface area contributed by atoms with Crippen LogP contribution in [0.25, 0.3) is 0 Å². The first-order chi connectivity index (χ1) is 10.4. The Morgan fingerprint density at radius 2 is 1.86 bits per heavy atom. The average molecular weight is 300 g/mol. The van der Waals surface area contributed by atoms with E-state index < -0.39 is 16.8 Å². The molecule has 0 radical (unpaired) electrons. The van der Waals surface area contributed by atoms with E-state index in [1.54, 1.807) is 6.92 Å². The van der Waals surface area contributed by atoms with Crippen LogP contribution < -0.4 is 5.32 Å². The van der Waals surface area contributed by atoms with Gasteiger partial charge in [0.2, 0.25) is 0 Å². The van der Waals surface area contributed by atoms with Crippen molar-refractivity contribution < 1.29 is 19.6 Å². The molecular formula is C15H12N2O5. The minimum Gasteiger partial charge on any atom is -0.478 e. The fourth-order valence-electron chi connectivity index (χ4n) is 1.89. The first-order valence-electron chi connectivity index (χ1n) is 6.28. The Labute approximate surface area is 125 Å². The fraction of sp³-hybridized carbons (Fsp3) is 0.0667. The summed E-state index contributed by atoms with van der Waals surface area (Å²) in [7, 11) is 0. The molecule has 2 aromatic carbocycles. The highest BCUT2D eigenvalue weighted by Gasteiger charge is 2.13. The molecule has 0 aliphatic carbocycles. The van der Waals surface area contributed by atoms with Crippen LogP contribution in [0.1, 0.15) is 26.3 Å². The molecule has 0 fully saturated rings. The minimum absolute atomic E-state index is 0.117. The van der Waals surface area contributed by atoms with Gasteiger partial charge in [0.05, 0.1) is 10.5 Å². The molecule has 1 amide bonds. The Bertz CT molecular complexity index is 770. The van der Waals surface area contributed by atoms with Crippen molar-refractivity contribution in [2.45, 2.75) is 6.92 Å². The second kappa shape index (κ2) is 6.04. The van der Waals surface area contributed by atoms with Crippen molar-refractivity contribution in [2.24, 2.45) is 0 Å². The van der Waals surface area contributed by atoms with Crippen molar-refractivity contribution in [3.05, 3.63) is 69.3 Å². The molecule has 112 valence electrons. The number of carbonyl (C=O) groups is 2. The molecule has 7 nitrogen and oxygen atoms in total. The molecule has 2 aromatic rings. The van der Waals surface area contributed by atoms with Crippen LogP contribution in [-0.4, -0.2) is 21.9 Å². The molecule has 7 heteroatoms. The van der Waals surface area contributed by atoms with Gasteiger partial charge in [0, 0.05) is 23.4 Å². The van der Waals surface area contributed by atoms with Crippen molar-refractivity contribution in [3.8, 4) is 0 Å². The SMILES string of the molecule is Cc1cc(C(=O)O)ccc1NC(=O)c1cccc([N+](=O)[O-])c1. The Kier molecular flexibility index (Phi) is 4.17. The molecule has 0 bridgehead atoms. The number of carboxylic acid groups (broad SMARTS) is 1. The molecule has 2 rings (SSSR count). The van der Waals surface area contributed by atoms with Crippen LogP contribution in [0.2, 0.25) is 0 Å². The number of rotatable bonds is 4. The monoisotopic (exact) mass is 300 g/mol. The molecular weight excluding hydrogens is 288 g/mol. The highest BCUT2D eigenvalue weighted by molar-refractivity contribution is 6.05. The van der Waals surface area contributed by atoms with E-state index in [-0.39, 0.29) is 16.8 Å². The molecule has 22 heavy (non-hydrogen) atoms. The third-order valence-corrected chi connectivity index (χ3v) is 3.04. The van der Waals surface area contributed by atoms with Gasteiger partial charge in [-0.1, -0.05) is 6.07 Å². The lowest BCUT2D eigenvalue weighted by molar-refractivity contribution is -0.384. The lowest BCUT2D eigenvalue weighted by Crippen LogP contribution is -2.13. The van der Waals surface area contributed by atoms with Gasteiger partial charge in [-0.25, -0.2) is 4.79 Å². The first-order valence-corrected chi connectivity index (χ1v) is 6.28. The number of nitrogens with one attached hydrogen (secondary N) is 1. The highest BCUT2D eigenvalue weighted by Crippen LogP contribution is 2.19. The smallest absolute Gasteiger partial charge is 0.335 e. The summed E-state index contributed by atoms with van der Waals surface area (Å²) in [5.74, 6) is -1.56. The van der Waals surface area contributed by atoms with Crippen LogP contribution in [0.15, 0.2) is 42.5 Å². The number of nitro groups is 1. The second-order valence-electron chi connectivity index (χ2n) is 4.60. The molecule has 0 spiro atoms. The van der Waals surface area contributed by atoms with Gasteiger partial charge in [-0.3, -0.25) is 14.9 Å². The van der Waals surface area contributed by atoms with E-state index in [4.69, 9.17) is 5.11 Å². The van der Waals surface area contributed by atoms with E-state index in [9.17, 15) is 19.7 Å². The predicted octanol–water partition coefficient (Wildman–Crippen LogP) is 2.85. The normalized spacial score (nSPS) is 10.0. The molecule has 0 aliphatic rings. The zero-order valence-corrected chi connectivity index (χ0v) is 11.6. The number of carboxylic acids is 1. The third-order valence-electron chi connectivity index (χ3n) is 3.04. The van der Waals surface area contributed by atoms with E-state index in [0.29, 0.717) is 11.3 Å². The van der Waals surface area contributed by atoms with Crippen LogP contribution in [0.5, 0.6) is 0 Å². The van der Waals surface area contributed by atoms with Gasteiger partial charge in [0.25, 0.3) is 11.6 Å². The molecule has 2 N–H and O–H groups in total. The molecule has 0 unspecified atom stereocenters. The van der Waals surface area contributed by atoms with Gasteiger partial charge >= 0.3 is 5.97 Å². The number of amides is 1. The molecule has 0 saturated heterocycles. The summed E-state index contributed by atoms with van der Waals surface area (Å²) >= 11 is 0. The largest absolute Gasteiger partial charge is 0.478 e. The molecule has 0 saturated carbocycles. The Morgan fingerprint density at radius 3 is 2.45 bits per heavy atom. The zero-order valence-electron chi connectivity index (χ0n) is 11.6. The lowest BCUT2D eigenvalue weighted by atomic mass is 10.1. The molecule has 0 heterocycles.